The molecule has 0 bridgehead atoms. The molecule has 63 heavy (non-hydrogen) atoms. The molecule has 0 aliphatic carbocycles. The summed E-state index contributed by atoms with van der Waals surface area (Å²) in [5.74, 6) is -1.11. The average molecular weight is 869 g/mol. The number of rotatable bonds is 42. The fourth-order valence-electron chi connectivity index (χ4n) is 6.10. The number of carbonyl (C=O) groups is 3. The fourth-order valence-corrected chi connectivity index (χ4v) is 6.10. The molecule has 0 spiro atoms. The summed E-state index contributed by atoms with van der Waals surface area (Å²) < 4.78 is 16.6. The van der Waals surface area contributed by atoms with Gasteiger partial charge in [0.05, 0.1) is 0 Å². The molecule has 0 saturated heterocycles. The van der Waals surface area contributed by atoms with E-state index in [0.29, 0.717) is 25.7 Å². The third-order valence-electron chi connectivity index (χ3n) is 9.76. The lowest BCUT2D eigenvalue weighted by Gasteiger charge is -2.18. The predicted octanol–water partition coefficient (Wildman–Crippen LogP) is 16.3. The molecule has 0 fully saturated rings. The van der Waals surface area contributed by atoms with Crippen LogP contribution in [0.25, 0.3) is 0 Å². The standard InChI is InChI=1S/C57H88O6/c1-4-7-10-13-16-19-22-25-26-27-28-29-30-33-35-38-41-44-47-50-56(59)62-53-54(63-57(60)51-48-45-42-39-36-32-24-21-18-15-12-9-6-3)52-61-55(58)49-46-43-40-37-34-31-23-20-17-14-11-8-5-2/h7,9-10,12,15-16,18-19,21,24-26,28-29,31-32,34,36,39-40,42-43,54H,4-6,8,11,13-14,17,20,22-23,27,30,33,35,37-38,41,44-53H2,1-3H3/b10-7-,12-9-,18-15-,19-16-,24-21-,26-25-,29-28-,34-31-,36-32-,42-39-,43-40-. The van der Waals surface area contributed by atoms with Gasteiger partial charge in [-0.2, -0.15) is 0 Å². The van der Waals surface area contributed by atoms with E-state index in [2.05, 4.69) is 93.7 Å². The maximum atomic E-state index is 12.7. The summed E-state index contributed by atoms with van der Waals surface area (Å²) in [5.41, 5.74) is 0. The van der Waals surface area contributed by atoms with E-state index in [1.165, 1.54) is 51.4 Å². The molecule has 0 amide bonds. The fraction of sp³-hybridized carbons (Fsp3) is 0.561. The van der Waals surface area contributed by atoms with Crippen molar-refractivity contribution < 1.29 is 28.6 Å². The number of ether oxygens (including phenoxy) is 3. The van der Waals surface area contributed by atoms with Crippen LogP contribution in [0.5, 0.6) is 0 Å². The van der Waals surface area contributed by atoms with Gasteiger partial charge in [0.15, 0.2) is 6.10 Å². The molecule has 0 saturated carbocycles. The number of hydrogen-bond acceptors (Lipinski definition) is 6. The van der Waals surface area contributed by atoms with Gasteiger partial charge >= 0.3 is 17.9 Å². The highest BCUT2D eigenvalue weighted by Crippen LogP contribution is 2.12. The first-order valence-corrected chi connectivity index (χ1v) is 24.8. The van der Waals surface area contributed by atoms with Gasteiger partial charge < -0.3 is 14.2 Å². The zero-order valence-corrected chi connectivity index (χ0v) is 40.0. The van der Waals surface area contributed by atoms with Crippen LogP contribution in [0.1, 0.15) is 188 Å². The van der Waals surface area contributed by atoms with Crippen LogP contribution < -0.4 is 0 Å². The first kappa shape index (κ1) is 58.6. The second kappa shape index (κ2) is 50.2. The molecule has 0 N–H and O–H groups in total. The monoisotopic (exact) mass is 869 g/mol. The molecule has 0 aliphatic heterocycles. The Balaban J connectivity index is 4.57. The molecule has 1 atom stereocenters. The number of hydrogen-bond donors (Lipinski definition) is 0. The molecule has 6 nitrogen and oxygen atoms in total. The molecule has 0 aromatic carbocycles. The minimum Gasteiger partial charge on any atom is -0.462 e. The highest BCUT2D eigenvalue weighted by molar-refractivity contribution is 5.71. The topological polar surface area (TPSA) is 78.9 Å². The highest BCUT2D eigenvalue weighted by atomic mass is 16.6. The van der Waals surface area contributed by atoms with Crippen LogP contribution in [0, 0.1) is 0 Å². The Labute approximate surface area is 385 Å². The van der Waals surface area contributed by atoms with Gasteiger partial charge in [-0.25, -0.2) is 0 Å². The smallest absolute Gasteiger partial charge is 0.306 e. The van der Waals surface area contributed by atoms with Crippen LogP contribution in [0.2, 0.25) is 0 Å². The zero-order valence-electron chi connectivity index (χ0n) is 40.0. The van der Waals surface area contributed by atoms with E-state index in [4.69, 9.17) is 14.2 Å². The molecule has 0 aliphatic rings. The molecule has 6 heteroatoms. The van der Waals surface area contributed by atoms with Gasteiger partial charge in [-0.15, -0.1) is 0 Å². The number of carbonyl (C=O) groups excluding carboxylic acids is 3. The van der Waals surface area contributed by atoms with Gasteiger partial charge in [0.1, 0.15) is 13.2 Å². The SMILES string of the molecule is CC\C=C/C=C\C=C/C=C\C=C/CCCC(=O)OC(COC(=O)CC/C=C\C/C=C\CCCCCCCC)COC(=O)CCCCCCCC/C=C\C/C=C\C/C=C\C/C=C\CC. The van der Waals surface area contributed by atoms with Crippen molar-refractivity contribution in [2.75, 3.05) is 13.2 Å². The van der Waals surface area contributed by atoms with E-state index in [9.17, 15) is 14.4 Å². The van der Waals surface area contributed by atoms with Crippen molar-refractivity contribution in [3.05, 3.63) is 134 Å². The quantitative estimate of drug-likeness (QED) is 0.0200. The predicted molar refractivity (Wildman–Crippen MR) is 269 cm³/mol. The summed E-state index contributed by atoms with van der Waals surface area (Å²) in [6.45, 7) is 6.21. The van der Waals surface area contributed by atoms with Crippen molar-refractivity contribution in [1.82, 2.24) is 0 Å². The Bertz CT molecular complexity index is 1420. The van der Waals surface area contributed by atoms with Gasteiger partial charge in [0.2, 0.25) is 0 Å². The van der Waals surface area contributed by atoms with Gasteiger partial charge in [0.25, 0.3) is 0 Å². The first-order valence-electron chi connectivity index (χ1n) is 24.8. The van der Waals surface area contributed by atoms with Crippen molar-refractivity contribution >= 4 is 17.9 Å². The Hall–Kier alpha value is -4.45. The van der Waals surface area contributed by atoms with Crippen LogP contribution in [-0.4, -0.2) is 37.2 Å². The minimum absolute atomic E-state index is 0.136. The zero-order chi connectivity index (χ0) is 45.8. The largest absolute Gasteiger partial charge is 0.462 e. The van der Waals surface area contributed by atoms with Gasteiger partial charge in [-0.05, 0) is 89.9 Å². The van der Waals surface area contributed by atoms with Gasteiger partial charge in [0, 0.05) is 19.3 Å². The van der Waals surface area contributed by atoms with Crippen LogP contribution >= 0.6 is 0 Å². The van der Waals surface area contributed by atoms with Gasteiger partial charge in [-0.1, -0.05) is 212 Å². The van der Waals surface area contributed by atoms with E-state index in [-0.39, 0.29) is 38.0 Å². The molecule has 352 valence electrons. The van der Waals surface area contributed by atoms with E-state index < -0.39 is 12.1 Å². The molecule has 0 aromatic rings. The molecule has 0 rings (SSSR count). The van der Waals surface area contributed by atoms with E-state index in [1.807, 2.05) is 60.8 Å². The maximum Gasteiger partial charge on any atom is 0.306 e. The Morgan fingerprint density at radius 3 is 1.29 bits per heavy atom. The minimum atomic E-state index is -0.848. The number of unbranched alkanes of at least 4 members (excludes halogenated alkanes) is 13. The number of allylic oxidation sites excluding steroid dienone is 22. The summed E-state index contributed by atoms with van der Waals surface area (Å²) in [5, 5.41) is 0. The van der Waals surface area contributed by atoms with E-state index in [0.717, 1.165) is 77.0 Å². The Morgan fingerprint density at radius 1 is 0.349 bits per heavy atom. The lowest BCUT2D eigenvalue weighted by molar-refractivity contribution is -0.166. The van der Waals surface area contributed by atoms with E-state index in [1.54, 1.807) is 0 Å². The van der Waals surface area contributed by atoms with Crippen molar-refractivity contribution in [3.8, 4) is 0 Å². The van der Waals surface area contributed by atoms with Crippen LogP contribution in [0.4, 0.5) is 0 Å². The number of esters is 3. The summed E-state index contributed by atoms with van der Waals surface area (Å²) in [6.07, 6.45) is 70.3. The third-order valence-corrected chi connectivity index (χ3v) is 9.76. The molecule has 0 heterocycles. The molecule has 1 unspecified atom stereocenters. The van der Waals surface area contributed by atoms with Crippen molar-refractivity contribution in [3.63, 3.8) is 0 Å². The van der Waals surface area contributed by atoms with Gasteiger partial charge in [-0.3, -0.25) is 14.4 Å². The lowest BCUT2D eigenvalue weighted by atomic mass is 10.1. The Kier molecular flexibility index (Phi) is 46.7. The van der Waals surface area contributed by atoms with Crippen molar-refractivity contribution in [2.24, 2.45) is 0 Å². The van der Waals surface area contributed by atoms with E-state index >= 15 is 0 Å². The third kappa shape index (κ3) is 48.4. The van der Waals surface area contributed by atoms with Crippen molar-refractivity contribution in [2.45, 2.75) is 194 Å². The summed E-state index contributed by atoms with van der Waals surface area (Å²) in [7, 11) is 0. The van der Waals surface area contributed by atoms with Crippen LogP contribution in [-0.2, 0) is 28.6 Å². The molecular weight excluding hydrogens is 781 g/mol. The average Bonchev–Trinajstić information content (AvgIpc) is 3.28. The van der Waals surface area contributed by atoms with Crippen LogP contribution in [0.15, 0.2) is 134 Å². The lowest BCUT2D eigenvalue weighted by Crippen LogP contribution is -2.30. The second-order valence-electron chi connectivity index (χ2n) is 15.7. The van der Waals surface area contributed by atoms with Crippen molar-refractivity contribution in [1.29, 1.82) is 0 Å². The Morgan fingerprint density at radius 2 is 0.746 bits per heavy atom. The molecule has 0 aromatic heterocycles. The summed E-state index contributed by atoms with van der Waals surface area (Å²) in [6, 6.07) is 0. The second-order valence-corrected chi connectivity index (χ2v) is 15.7. The van der Waals surface area contributed by atoms with Crippen LogP contribution in [0.3, 0.4) is 0 Å². The first-order chi connectivity index (χ1) is 31.0. The normalized spacial score (nSPS) is 13.3. The molecule has 0 radical (unpaired) electrons. The maximum absolute atomic E-state index is 12.7. The summed E-state index contributed by atoms with van der Waals surface area (Å²) in [4.78, 5) is 37.8. The highest BCUT2D eigenvalue weighted by Gasteiger charge is 2.19. The summed E-state index contributed by atoms with van der Waals surface area (Å²) >= 11 is 0. The molecular formula is C57H88O6.